The first-order chi connectivity index (χ1) is 8.89. The molecule has 0 aromatic heterocycles. The molecule has 0 aliphatic carbocycles. The molecular weight excluding hydrogens is 262 g/mol. The molecule has 2 unspecified atom stereocenters. The highest BCUT2D eigenvalue weighted by molar-refractivity contribution is 7.90. The van der Waals surface area contributed by atoms with Crippen LogP contribution in [0.4, 0.5) is 0 Å². The summed E-state index contributed by atoms with van der Waals surface area (Å²) in [6.45, 7) is 8.96. The van der Waals surface area contributed by atoms with Crippen LogP contribution >= 0.6 is 0 Å². The van der Waals surface area contributed by atoms with Crippen LogP contribution in [0.3, 0.4) is 0 Å². The molecule has 0 spiro atoms. The first kappa shape index (κ1) is 14.5. The Kier molecular flexibility index (Phi) is 4.28. The standard InChI is InChI=1S/C14H21NO3S/c1-10(15-19(16)14(2,3)4)11-6-5-7-12-13(11)18-9-8-17-12/h5-7,10,15H,8-9H2,1-4H3. The number of fused-ring (bicyclic) bond motifs is 1. The average molecular weight is 283 g/mol. The molecule has 1 aliphatic rings. The molecule has 0 saturated carbocycles. The number of ether oxygens (including phenoxy) is 2. The van der Waals surface area contributed by atoms with Crippen LogP contribution in [0.25, 0.3) is 0 Å². The van der Waals surface area contributed by atoms with Gasteiger partial charge in [0.05, 0.1) is 6.04 Å². The van der Waals surface area contributed by atoms with E-state index in [1.54, 1.807) is 0 Å². The van der Waals surface area contributed by atoms with Crippen LogP contribution in [0.2, 0.25) is 0 Å². The molecular formula is C14H21NO3S. The van der Waals surface area contributed by atoms with Gasteiger partial charge in [0, 0.05) is 16.9 Å². The van der Waals surface area contributed by atoms with Gasteiger partial charge in [0.25, 0.3) is 0 Å². The summed E-state index contributed by atoms with van der Waals surface area (Å²) in [6, 6.07) is 5.74. The second-order valence-corrected chi connectivity index (χ2v) is 7.59. The van der Waals surface area contributed by atoms with Crippen molar-refractivity contribution in [2.24, 2.45) is 0 Å². The highest BCUT2D eigenvalue weighted by Crippen LogP contribution is 2.37. The lowest BCUT2D eigenvalue weighted by atomic mass is 10.1. The summed E-state index contributed by atoms with van der Waals surface area (Å²) < 4.78 is 26.2. The average Bonchev–Trinajstić information content (AvgIpc) is 2.36. The Morgan fingerprint density at radius 2 is 1.95 bits per heavy atom. The van der Waals surface area contributed by atoms with E-state index in [-0.39, 0.29) is 10.8 Å². The van der Waals surface area contributed by atoms with Crippen molar-refractivity contribution in [1.82, 2.24) is 4.72 Å². The Labute approximate surface area is 117 Å². The first-order valence-corrected chi connectivity index (χ1v) is 7.61. The van der Waals surface area contributed by atoms with Crippen molar-refractivity contribution in [1.29, 1.82) is 0 Å². The van der Waals surface area contributed by atoms with Gasteiger partial charge in [-0.1, -0.05) is 12.1 Å². The van der Waals surface area contributed by atoms with E-state index in [4.69, 9.17) is 9.47 Å². The topological polar surface area (TPSA) is 53.5 Å². The molecule has 0 saturated heterocycles. The maximum Gasteiger partial charge on any atom is 0.166 e. The maximum absolute atomic E-state index is 12.1. The third-order valence-electron chi connectivity index (χ3n) is 2.90. The van der Waals surface area contributed by atoms with Gasteiger partial charge in [-0.15, -0.1) is 4.72 Å². The number of rotatable bonds is 3. The van der Waals surface area contributed by atoms with E-state index < -0.39 is 11.4 Å². The molecule has 0 radical (unpaired) electrons. The van der Waals surface area contributed by atoms with Gasteiger partial charge in [-0.05, 0) is 33.8 Å². The fourth-order valence-corrected chi connectivity index (χ4v) is 2.64. The van der Waals surface area contributed by atoms with Crippen molar-refractivity contribution < 1.29 is 14.0 Å². The molecule has 1 N–H and O–H groups in total. The van der Waals surface area contributed by atoms with Crippen LogP contribution in [0.15, 0.2) is 18.2 Å². The van der Waals surface area contributed by atoms with Crippen molar-refractivity contribution in [3.8, 4) is 11.5 Å². The third kappa shape index (κ3) is 3.35. The summed E-state index contributed by atoms with van der Waals surface area (Å²) in [6.07, 6.45) is 0. The van der Waals surface area contributed by atoms with Crippen LogP contribution in [0, 0.1) is 0 Å². The Bertz CT molecular complexity index is 445. The largest absolute Gasteiger partial charge is 0.598 e. The lowest BCUT2D eigenvalue weighted by Gasteiger charge is -2.28. The molecule has 1 aromatic carbocycles. The summed E-state index contributed by atoms with van der Waals surface area (Å²) in [5.74, 6) is 1.53. The lowest BCUT2D eigenvalue weighted by molar-refractivity contribution is 0.169. The SMILES string of the molecule is CC(N[S+]([O-])C(C)(C)C)c1cccc2c1OCCO2. The number of hydrogen-bond donors (Lipinski definition) is 1. The number of hydrogen-bond acceptors (Lipinski definition) is 4. The van der Waals surface area contributed by atoms with Gasteiger partial charge in [0.2, 0.25) is 0 Å². The minimum Gasteiger partial charge on any atom is -0.598 e. The fraction of sp³-hybridized carbons (Fsp3) is 0.571. The fourth-order valence-electron chi connectivity index (χ4n) is 1.84. The van der Waals surface area contributed by atoms with Gasteiger partial charge in [-0.25, -0.2) is 0 Å². The maximum atomic E-state index is 12.1. The van der Waals surface area contributed by atoms with Crippen molar-refractivity contribution in [3.63, 3.8) is 0 Å². The summed E-state index contributed by atoms with van der Waals surface area (Å²) >= 11 is -1.12. The zero-order chi connectivity index (χ0) is 14.0. The van der Waals surface area contributed by atoms with E-state index in [2.05, 4.69) is 4.72 Å². The molecule has 106 valence electrons. The molecule has 5 heteroatoms. The molecule has 1 aromatic rings. The molecule has 0 fully saturated rings. The summed E-state index contributed by atoms with van der Waals surface area (Å²) in [7, 11) is 0. The van der Waals surface area contributed by atoms with Gasteiger partial charge in [0.1, 0.15) is 18.0 Å². The molecule has 4 nitrogen and oxygen atoms in total. The van der Waals surface area contributed by atoms with Gasteiger partial charge in [-0.2, -0.15) is 0 Å². The van der Waals surface area contributed by atoms with Crippen molar-refractivity contribution in [2.45, 2.75) is 38.5 Å². The van der Waals surface area contributed by atoms with Gasteiger partial charge >= 0.3 is 0 Å². The zero-order valence-electron chi connectivity index (χ0n) is 11.9. The van der Waals surface area contributed by atoms with Crippen LogP contribution in [0.1, 0.15) is 39.3 Å². The van der Waals surface area contributed by atoms with E-state index in [1.807, 2.05) is 45.9 Å². The van der Waals surface area contributed by atoms with Crippen LogP contribution in [-0.4, -0.2) is 22.5 Å². The molecule has 2 atom stereocenters. The summed E-state index contributed by atoms with van der Waals surface area (Å²) in [5.41, 5.74) is 0.981. The quantitative estimate of drug-likeness (QED) is 0.866. The summed E-state index contributed by atoms with van der Waals surface area (Å²) in [4.78, 5) is 0. The second kappa shape index (κ2) is 5.61. The van der Waals surface area contributed by atoms with E-state index in [0.717, 1.165) is 17.1 Å². The van der Waals surface area contributed by atoms with Gasteiger partial charge < -0.3 is 14.0 Å². The Balaban J connectivity index is 2.18. The smallest absolute Gasteiger partial charge is 0.166 e. The Hall–Kier alpha value is -0.910. The Morgan fingerprint density at radius 3 is 2.63 bits per heavy atom. The molecule has 1 heterocycles. The predicted molar refractivity (Wildman–Crippen MR) is 76.9 cm³/mol. The molecule has 1 aliphatic heterocycles. The second-order valence-electron chi connectivity index (χ2n) is 5.59. The predicted octanol–water partition coefficient (Wildman–Crippen LogP) is 2.57. The van der Waals surface area contributed by atoms with Crippen molar-refractivity contribution in [3.05, 3.63) is 23.8 Å². The minimum absolute atomic E-state index is 0.0586. The normalized spacial score (nSPS) is 17.9. The minimum atomic E-state index is -1.12. The number of para-hydroxylation sites is 1. The van der Waals surface area contributed by atoms with Crippen LogP contribution in [0.5, 0.6) is 11.5 Å². The number of nitrogens with one attached hydrogen (secondary N) is 1. The lowest BCUT2D eigenvalue weighted by Crippen LogP contribution is -2.40. The van der Waals surface area contributed by atoms with Gasteiger partial charge in [0.15, 0.2) is 11.5 Å². The monoisotopic (exact) mass is 283 g/mol. The highest BCUT2D eigenvalue weighted by Gasteiger charge is 2.30. The summed E-state index contributed by atoms with van der Waals surface area (Å²) in [5, 5.41) is 0. The zero-order valence-corrected chi connectivity index (χ0v) is 12.7. The third-order valence-corrected chi connectivity index (χ3v) is 4.58. The van der Waals surface area contributed by atoms with Crippen molar-refractivity contribution >= 4 is 11.4 Å². The Morgan fingerprint density at radius 1 is 1.26 bits per heavy atom. The highest BCUT2D eigenvalue weighted by atomic mass is 32.2. The van der Waals surface area contributed by atoms with E-state index in [9.17, 15) is 4.55 Å². The number of benzene rings is 1. The van der Waals surface area contributed by atoms with E-state index >= 15 is 0 Å². The first-order valence-electron chi connectivity index (χ1n) is 6.46. The van der Waals surface area contributed by atoms with Crippen molar-refractivity contribution in [2.75, 3.05) is 13.2 Å². The van der Waals surface area contributed by atoms with Crippen LogP contribution < -0.4 is 14.2 Å². The molecule has 2 rings (SSSR count). The van der Waals surface area contributed by atoms with E-state index in [0.29, 0.717) is 13.2 Å². The van der Waals surface area contributed by atoms with Crippen LogP contribution in [-0.2, 0) is 11.4 Å². The molecule has 19 heavy (non-hydrogen) atoms. The molecule has 0 bridgehead atoms. The van der Waals surface area contributed by atoms with E-state index in [1.165, 1.54) is 0 Å². The molecule has 0 amide bonds. The van der Waals surface area contributed by atoms with Gasteiger partial charge in [-0.3, -0.25) is 0 Å².